The summed E-state index contributed by atoms with van der Waals surface area (Å²) in [6.45, 7) is 1.18. The Kier molecular flexibility index (Phi) is 5.27. The van der Waals surface area contributed by atoms with Crippen LogP contribution in [0.5, 0.6) is 0 Å². The highest BCUT2D eigenvalue weighted by molar-refractivity contribution is 7.98. The number of aromatic nitrogens is 3. The van der Waals surface area contributed by atoms with Gasteiger partial charge in [0.05, 0.1) is 19.3 Å². The van der Waals surface area contributed by atoms with E-state index >= 15 is 0 Å². The van der Waals surface area contributed by atoms with Crippen LogP contribution in [0.3, 0.4) is 0 Å². The van der Waals surface area contributed by atoms with E-state index in [9.17, 15) is 4.79 Å². The molecule has 1 heterocycles. The Labute approximate surface area is 98.5 Å². The number of rotatable bonds is 6. The van der Waals surface area contributed by atoms with E-state index in [0.717, 1.165) is 18.0 Å². The van der Waals surface area contributed by atoms with Crippen molar-refractivity contribution in [3.8, 4) is 0 Å². The van der Waals surface area contributed by atoms with Gasteiger partial charge in [-0.3, -0.25) is 0 Å². The van der Waals surface area contributed by atoms with Crippen molar-refractivity contribution >= 4 is 17.7 Å². The molecule has 0 spiro atoms. The Morgan fingerprint density at radius 1 is 1.62 bits per heavy atom. The van der Waals surface area contributed by atoms with E-state index in [0.29, 0.717) is 13.0 Å². The van der Waals surface area contributed by atoms with Crippen LogP contribution in [0.4, 0.5) is 0 Å². The standard InChI is InChI=1S/C9H16N4O2S/c1-15-9(14)8-7(3-4-10)13(12-11-8)5-6-16-2/h3-6,10H2,1-2H3. The first kappa shape index (κ1) is 13.0. The second-order valence-corrected chi connectivity index (χ2v) is 4.12. The summed E-state index contributed by atoms with van der Waals surface area (Å²) in [6, 6.07) is 0. The van der Waals surface area contributed by atoms with Crippen molar-refractivity contribution in [2.24, 2.45) is 5.73 Å². The van der Waals surface area contributed by atoms with Gasteiger partial charge in [-0.2, -0.15) is 11.8 Å². The van der Waals surface area contributed by atoms with Gasteiger partial charge < -0.3 is 10.5 Å². The van der Waals surface area contributed by atoms with E-state index in [1.807, 2.05) is 6.26 Å². The lowest BCUT2D eigenvalue weighted by atomic mass is 10.2. The summed E-state index contributed by atoms with van der Waals surface area (Å²) in [5.41, 5.74) is 6.53. The molecule has 1 aromatic heterocycles. The Bertz CT molecular complexity index is 353. The Morgan fingerprint density at radius 3 is 2.94 bits per heavy atom. The summed E-state index contributed by atoms with van der Waals surface area (Å²) in [4.78, 5) is 11.4. The number of nitrogens with zero attached hydrogens (tertiary/aromatic N) is 3. The highest BCUT2D eigenvalue weighted by Crippen LogP contribution is 2.08. The van der Waals surface area contributed by atoms with Crippen molar-refractivity contribution in [1.29, 1.82) is 0 Å². The molecule has 0 atom stereocenters. The fraction of sp³-hybridized carbons (Fsp3) is 0.667. The van der Waals surface area contributed by atoms with Crippen LogP contribution < -0.4 is 5.73 Å². The fourth-order valence-electron chi connectivity index (χ4n) is 1.33. The lowest BCUT2D eigenvalue weighted by Crippen LogP contribution is -2.15. The van der Waals surface area contributed by atoms with Crippen molar-refractivity contribution in [1.82, 2.24) is 15.0 Å². The summed E-state index contributed by atoms with van der Waals surface area (Å²) in [6.07, 6.45) is 2.59. The van der Waals surface area contributed by atoms with Gasteiger partial charge in [-0.15, -0.1) is 5.10 Å². The van der Waals surface area contributed by atoms with Crippen molar-refractivity contribution in [2.75, 3.05) is 25.7 Å². The zero-order valence-electron chi connectivity index (χ0n) is 9.47. The molecule has 0 aliphatic heterocycles. The van der Waals surface area contributed by atoms with Gasteiger partial charge in [-0.05, 0) is 12.8 Å². The molecule has 0 radical (unpaired) electrons. The molecule has 0 aliphatic rings. The molecule has 0 bridgehead atoms. The average Bonchev–Trinajstić information content (AvgIpc) is 2.69. The Hall–Kier alpha value is -1.08. The van der Waals surface area contributed by atoms with Crippen LogP contribution >= 0.6 is 11.8 Å². The Morgan fingerprint density at radius 2 is 2.38 bits per heavy atom. The first-order valence-corrected chi connectivity index (χ1v) is 6.33. The zero-order chi connectivity index (χ0) is 12.0. The van der Waals surface area contributed by atoms with Crippen molar-refractivity contribution in [3.05, 3.63) is 11.4 Å². The maximum atomic E-state index is 11.4. The molecule has 0 saturated heterocycles. The highest BCUT2D eigenvalue weighted by atomic mass is 32.2. The second-order valence-electron chi connectivity index (χ2n) is 3.13. The number of thioether (sulfide) groups is 1. The van der Waals surface area contributed by atoms with Crippen molar-refractivity contribution in [2.45, 2.75) is 13.0 Å². The molecular weight excluding hydrogens is 228 g/mol. The maximum absolute atomic E-state index is 11.4. The van der Waals surface area contributed by atoms with Gasteiger partial charge in [0.1, 0.15) is 0 Å². The van der Waals surface area contributed by atoms with E-state index in [-0.39, 0.29) is 5.69 Å². The molecule has 0 amide bonds. The van der Waals surface area contributed by atoms with Crippen molar-refractivity contribution in [3.63, 3.8) is 0 Å². The molecule has 2 N–H and O–H groups in total. The van der Waals surface area contributed by atoms with Crippen molar-refractivity contribution < 1.29 is 9.53 Å². The molecule has 16 heavy (non-hydrogen) atoms. The fourth-order valence-corrected chi connectivity index (χ4v) is 1.69. The molecule has 90 valence electrons. The third kappa shape index (κ3) is 2.96. The van der Waals surface area contributed by atoms with E-state index in [1.54, 1.807) is 16.4 Å². The quantitative estimate of drug-likeness (QED) is 0.705. The molecule has 7 heteroatoms. The minimum atomic E-state index is -0.459. The third-order valence-corrected chi connectivity index (χ3v) is 2.70. The molecule has 1 rings (SSSR count). The zero-order valence-corrected chi connectivity index (χ0v) is 10.3. The minimum absolute atomic E-state index is 0.272. The number of carbonyl (C=O) groups excluding carboxylic acids is 1. The molecule has 6 nitrogen and oxygen atoms in total. The van der Waals surface area contributed by atoms with E-state index in [4.69, 9.17) is 5.73 Å². The number of nitrogens with two attached hydrogens (primary N) is 1. The van der Waals surface area contributed by atoms with Gasteiger partial charge in [0.15, 0.2) is 5.69 Å². The van der Waals surface area contributed by atoms with Crippen LogP contribution in [0.1, 0.15) is 16.2 Å². The van der Waals surface area contributed by atoms with Gasteiger partial charge in [-0.25, -0.2) is 9.48 Å². The lowest BCUT2D eigenvalue weighted by Gasteiger charge is -2.05. The van der Waals surface area contributed by atoms with Gasteiger partial charge in [0.2, 0.25) is 0 Å². The number of carbonyl (C=O) groups is 1. The predicted octanol–water partition coefficient (Wildman–Crippen LogP) is -0.0711. The van der Waals surface area contributed by atoms with E-state index in [1.165, 1.54) is 7.11 Å². The third-order valence-electron chi connectivity index (χ3n) is 2.10. The van der Waals surface area contributed by atoms with Crippen LogP contribution in [0.15, 0.2) is 0 Å². The number of ether oxygens (including phenoxy) is 1. The predicted molar refractivity (Wildman–Crippen MR) is 62.5 cm³/mol. The van der Waals surface area contributed by atoms with Crippen LogP contribution in [0.25, 0.3) is 0 Å². The van der Waals surface area contributed by atoms with Gasteiger partial charge in [0.25, 0.3) is 0 Å². The van der Waals surface area contributed by atoms with Crippen LogP contribution in [0, 0.1) is 0 Å². The molecular formula is C9H16N4O2S. The topological polar surface area (TPSA) is 83.0 Å². The molecule has 0 aromatic carbocycles. The molecule has 0 saturated carbocycles. The average molecular weight is 244 g/mol. The Balaban J connectivity index is 2.92. The van der Waals surface area contributed by atoms with Crippen LogP contribution in [-0.2, 0) is 17.7 Å². The van der Waals surface area contributed by atoms with Gasteiger partial charge >= 0.3 is 5.97 Å². The first-order chi connectivity index (χ1) is 7.74. The van der Waals surface area contributed by atoms with Crippen LogP contribution in [0.2, 0.25) is 0 Å². The number of hydrogen-bond acceptors (Lipinski definition) is 6. The smallest absolute Gasteiger partial charge is 0.360 e. The number of hydrogen-bond donors (Lipinski definition) is 1. The summed E-state index contributed by atoms with van der Waals surface area (Å²) < 4.78 is 6.36. The number of esters is 1. The summed E-state index contributed by atoms with van der Waals surface area (Å²) in [5.74, 6) is 0.459. The maximum Gasteiger partial charge on any atom is 0.360 e. The van der Waals surface area contributed by atoms with Gasteiger partial charge in [-0.1, -0.05) is 5.21 Å². The molecule has 1 aromatic rings. The minimum Gasteiger partial charge on any atom is -0.464 e. The molecule has 0 fully saturated rings. The van der Waals surface area contributed by atoms with Crippen LogP contribution in [-0.4, -0.2) is 46.6 Å². The lowest BCUT2D eigenvalue weighted by molar-refractivity contribution is 0.0592. The normalized spacial score (nSPS) is 10.4. The molecule has 0 unspecified atom stereocenters. The number of methoxy groups -OCH3 is 1. The SMILES string of the molecule is COC(=O)c1nnn(CCSC)c1CCN. The van der Waals surface area contributed by atoms with Gasteiger partial charge in [0, 0.05) is 12.2 Å². The monoisotopic (exact) mass is 244 g/mol. The molecule has 0 aliphatic carbocycles. The second kappa shape index (κ2) is 6.49. The summed E-state index contributed by atoms with van der Waals surface area (Å²) in [5, 5.41) is 7.77. The number of aryl methyl sites for hydroxylation is 1. The highest BCUT2D eigenvalue weighted by Gasteiger charge is 2.19. The van der Waals surface area contributed by atoms with E-state index < -0.39 is 5.97 Å². The summed E-state index contributed by atoms with van der Waals surface area (Å²) in [7, 11) is 1.33. The first-order valence-electron chi connectivity index (χ1n) is 4.94. The van der Waals surface area contributed by atoms with E-state index in [2.05, 4.69) is 15.0 Å². The summed E-state index contributed by atoms with van der Waals surface area (Å²) >= 11 is 1.71. The largest absolute Gasteiger partial charge is 0.464 e.